The second-order valence-corrected chi connectivity index (χ2v) is 8.88. The summed E-state index contributed by atoms with van der Waals surface area (Å²) in [5.74, 6) is -0.00114. The van der Waals surface area contributed by atoms with E-state index in [1.807, 2.05) is 59.5 Å². The molecule has 1 aliphatic heterocycles. The van der Waals surface area contributed by atoms with Crippen molar-refractivity contribution in [1.29, 1.82) is 0 Å². The lowest BCUT2D eigenvalue weighted by Gasteiger charge is -2.18. The first kappa shape index (κ1) is 19.1. The van der Waals surface area contributed by atoms with Gasteiger partial charge in [-0.15, -0.1) is 0 Å². The molecular weight excluding hydrogens is 440 g/mol. The van der Waals surface area contributed by atoms with E-state index in [0.29, 0.717) is 17.8 Å². The van der Waals surface area contributed by atoms with Gasteiger partial charge in [-0.05, 0) is 72.9 Å². The van der Waals surface area contributed by atoms with Gasteiger partial charge in [0.1, 0.15) is 0 Å². The van der Waals surface area contributed by atoms with E-state index in [1.165, 1.54) is 5.56 Å². The fourth-order valence-electron chi connectivity index (χ4n) is 4.21. The molecule has 3 aromatic rings. The van der Waals surface area contributed by atoms with Crippen LogP contribution in [0, 0.1) is 0 Å². The van der Waals surface area contributed by atoms with Gasteiger partial charge in [0.2, 0.25) is 5.91 Å². The first-order valence-corrected chi connectivity index (χ1v) is 10.9. The van der Waals surface area contributed by atoms with Crippen molar-refractivity contribution < 1.29 is 9.59 Å². The quantitative estimate of drug-likeness (QED) is 0.572. The van der Waals surface area contributed by atoms with E-state index in [-0.39, 0.29) is 11.8 Å². The zero-order chi connectivity index (χ0) is 20.7. The lowest BCUT2D eigenvalue weighted by atomic mass is 9.95. The topological polar surface area (TPSA) is 49.4 Å². The van der Waals surface area contributed by atoms with Crippen molar-refractivity contribution in [2.75, 3.05) is 16.8 Å². The second kappa shape index (κ2) is 7.40. The Hall–Kier alpha value is -2.92. The zero-order valence-electron chi connectivity index (χ0n) is 16.4. The fourth-order valence-corrected chi connectivity index (χ4v) is 4.61. The Balaban J connectivity index is 1.30. The highest BCUT2D eigenvalue weighted by molar-refractivity contribution is 9.10. The minimum absolute atomic E-state index is 0.00754. The minimum Gasteiger partial charge on any atom is -0.325 e. The van der Waals surface area contributed by atoms with Crippen molar-refractivity contribution in [3.05, 3.63) is 94.0 Å². The van der Waals surface area contributed by atoms with Gasteiger partial charge in [0.25, 0.3) is 5.91 Å². The minimum atomic E-state index is -0.447. The monoisotopic (exact) mass is 460 g/mol. The van der Waals surface area contributed by atoms with E-state index >= 15 is 0 Å². The summed E-state index contributed by atoms with van der Waals surface area (Å²) in [5, 5.41) is 3.03. The van der Waals surface area contributed by atoms with Gasteiger partial charge in [0, 0.05) is 28.0 Å². The third-order valence-electron chi connectivity index (χ3n) is 6.08. The predicted molar refractivity (Wildman–Crippen MR) is 122 cm³/mol. The number of nitrogens with one attached hydrogen (secondary N) is 1. The van der Waals surface area contributed by atoms with Crippen LogP contribution in [0.25, 0.3) is 0 Å². The molecule has 1 N–H and O–H groups in total. The third kappa shape index (κ3) is 3.33. The van der Waals surface area contributed by atoms with Crippen LogP contribution in [0.2, 0.25) is 0 Å². The molecule has 1 aliphatic carbocycles. The van der Waals surface area contributed by atoms with Crippen molar-refractivity contribution in [2.45, 2.75) is 24.7 Å². The van der Waals surface area contributed by atoms with Crippen molar-refractivity contribution in [2.24, 2.45) is 0 Å². The number of amides is 2. The number of para-hydroxylation sites is 1. The van der Waals surface area contributed by atoms with Crippen LogP contribution in [-0.4, -0.2) is 18.4 Å². The van der Waals surface area contributed by atoms with Crippen LogP contribution in [0.5, 0.6) is 0 Å². The highest BCUT2D eigenvalue weighted by atomic mass is 79.9. The standard InChI is InChI=1S/C25H21BrN2O2/c26-20-6-3-5-19(16-20)25(13-14-25)24(30)27-21-10-8-18(9-11-21)23(29)28-15-12-17-4-1-2-7-22(17)28/h1-11,16H,12-15H2,(H,27,30). The Morgan fingerprint density at radius 2 is 1.70 bits per heavy atom. The van der Waals surface area contributed by atoms with E-state index in [1.54, 1.807) is 12.1 Å². The Morgan fingerprint density at radius 3 is 2.43 bits per heavy atom. The van der Waals surface area contributed by atoms with E-state index in [9.17, 15) is 9.59 Å². The molecule has 3 aromatic carbocycles. The molecule has 150 valence electrons. The number of hydrogen-bond donors (Lipinski definition) is 1. The van der Waals surface area contributed by atoms with Crippen LogP contribution in [0.15, 0.2) is 77.3 Å². The molecule has 5 rings (SSSR count). The van der Waals surface area contributed by atoms with Gasteiger partial charge in [0.05, 0.1) is 5.41 Å². The SMILES string of the molecule is O=C(c1ccc(NC(=O)C2(c3cccc(Br)c3)CC2)cc1)N1CCc2ccccc21. The van der Waals surface area contributed by atoms with E-state index in [2.05, 4.69) is 27.3 Å². The highest BCUT2D eigenvalue weighted by Gasteiger charge is 2.51. The van der Waals surface area contributed by atoms with Gasteiger partial charge in [-0.2, -0.15) is 0 Å². The second-order valence-electron chi connectivity index (χ2n) is 7.96. The van der Waals surface area contributed by atoms with Gasteiger partial charge in [-0.25, -0.2) is 0 Å². The summed E-state index contributed by atoms with van der Waals surface area (Å²) >= 11 is 3.49. The highest BCUT2D eigenvalue weighted by Crippen LogP contribution is 2.49. The van der Waals surface area contributed by atoms with Crippen molar-refractivity contribution in [3.63, 3.8) is 0 Å². The number of rotatable bonds is 4. The van der Waals surface area contributed by atoms with Crippen LogP contribution in [0.4, 0.5) is 11.4 Å². The molecule has 0 atom stereocenters. The van der Waals surface area contributed by atoms with Gasteiger partial charge < -0.3 is 10.2 Å². The summed E-state index contributed by atoms with van der Waals surface area (Å²) in [6, 6.07) is 23.2. The number of halogens is 1. The van der Waals surface area contributed by atoms with Crippen LogP contribution in [-0.2, 0) is 16.6 Å². The summed E-state index contributed by atoms with van der Waals surface area (Å²) in [4.78, 5) is 27.8. The largest absolute Gasteiger partial charge is 0.325 e. The maximum absolute atomic E-state index is 13.0. The molecule has 1 heterocycles. The Morgan fingerprint density at radius 1 is 0.933 bits per heavy atom. The van der Waals surface area contributed by atoms with Gasteiger partial charge in [-0.3, -0.25) is 9.59 Å². The molecule has 0 saturated heterocycles. The first-order chi connectivity index (χ1) is 14.6. The number of carbonyl (C=O) groups is 2. The molecule has 1 saturated carbocycles. The number of hydrogen-bond acceptors (Lipinski definition) is 2. The molecule has 0 unspecified atom stereocenters. The van der Waals surface area contributed by atoms with Crippen molar-refractivity contribution >= 4 is 39.1 Å². The lowest BCUT2D eigenvalue weighted by molar-refractivity contribution is -0.118. The molecule has 0 bridgehead atoms. The summed E-state index contributed by atoms with van der Waals surface area (Å²) < 4.78 is 0.977. The predicted octanol–water partition coefficient (Wildman–Crippen LogP) is 5.32. The number of nitrogens with zero attached hydrogens (tertiary/aromatic N) is 1. The zero-order valence-corrected chi connectivity index (χ0v) is 18.0. The molecule has 1 fully saturated rings. The van der Waals surface area contributed by atoms with E-state index in [0.717, 1.165) is 35.0 Å². The molecule has 0 spiro atoms. The molecule has 2 aliphatic rings. The Kier molecular flexibility index (Phi) is 4.70. The average Bonchev–Trinajstić information content (AvgIpc) is 3.47. The summed E-state index contributed by atoms with van der Waals surface area (Å²) in [7, 11) is 0. The van der Waals surface area contributed by atoms with Crippen LogP contribution in [0.3, 0.4) is 0 Å². The summed E-state index contributed by atoms with van der Waals surface area (Å²) in [6.07, 6.45) is 2.58. The lowest BCUT2D eigenvalue weighted by Crippen LogP contribution is -2.29. The van der Waals surface area contributed by atoms with Crippen molar-refractivity contribution in [3.8, 4) is 0 Å². The fraction of sp³-hybridized carbons (Fsp3) is 0.200. The summed E-state index contributed by atoms with van der Waals surface area (Å²) in [5.41, 5.74) is 4.12. The molecule has 5 heteroatoms. The van der Waals surface area contributed by atoms with Gasteiger partial charge >= 0.3 is 0 Å². The molecule has 30 heavy (non-hydrogen) atoms. The van der Waals surface area contributed by atoms with Crippen LogP contribution < -0.4 is 10.2 Å². The molecular formula is C25H21BrN2O2. The maximum Gasteiger partial charge on any atom is 0.258 e. The smallest absolute Gasteiger partial charge is 0.258 e. The van der Waals surface area contributed by atoms with Gasteiger partial charge in [-0.1, -0.05) is 46.3 Å². The summed E-state index contributed by atoms with van der Waals surface area (Å²) in [6.45, 7) is 0.700. The Bertz CT molecular complexity index is 1140. The molecule has 0 aromatic heterocycles. The number of benzene rings is 3. The Labute approximate surface area is 184 Å². The molecule has 0 radical (unpaired) electrons. The number of anilines is 2. The molecule has 2 amide bonds. The average molecular weight is 461 g/mol. The van der Waals surface area contributed by atoms with Crippen molar-refractivity contribution in [1.82, 2.24) is 0 Å². The number of fused-ring (bicyclic) bond motifs is 1. The van der Waals surface area contributed by atoms with Crippen LogP contribution >= 0.6 is 15.9 Å². The van der Waals surface area contributed by atoms with Crippen LogP contribution in [0.1, 0.15) is 34.3 Å². The maximum atomic E-state index is 13.0. The van der Waals surface area contributed by atoms with E-state index < -0.39 is 5.41 Å². The molecule has 4 nitrogen and oxygen atoms in total. The third-order valence-corrected chi connectivity index (χ3v) is 6.58. The normalized spacial score (nSPS) is 16.1. The first-order valence-electron chi connectivity index (χ1n) is 10.1. The van der Waals surface area contributed by atoms with E-state index in [4.69, 9.17) is 0 Å². The van der Waals surface area contributed by atoms with Gasteiger partial charge in [0.15, 0.2) is 0 Å². The number of carbonyl (C=O) groups excluding carboxylic acids is 2.